The highest BCUT2D eigenvalue weighted by Crippen LogP contribution is 2.48. The number of imidazole rings is 2. The maximum Gasteiger partial charge on any atom is 0.407 e. The number of aromatic nitrogens is 4. The van der Waals surface area contributed by atoms with E-state index in [1.54, 1.807) is 0 Å². The van der Waals surface area contributed by atoms with Gasteiger partial charge in [0.15, 0.2) is 0 Å². The van der Waals surface area contributed by atoms with Crippen LogP contribution >= 0.6 is 0 Å². The summed E-state index contributed by atoms with van der Waals surface area (Å²) in [6, 6.07) is 16.6. The Balaban J connectivity index is 1.03. The van der Waals surface area contributed by atoms with Crippen LogP contribution < -0.4 is 10.6 Å². The maximum absolute atomic E-state index is 14.3. The van der Waals surface area contributed by atoms with E-state index in [4.69, 9.17) is 28.9 Å². The largest absolute Gasteiger partial charge is 0.453 e. The summed E-state index contributed by atoms with van der Waals surface area (Å²) >= 11 is 0. The van der Waals surface area contributed by atoms with Crippen LogP contribution in [0.3, 0.4) is 0 Å². The Morgan fingerprint density at radius 3 is 2.11 bits per heavy atom. The van der Waals surface area contributed by atoms with Crippen LogP contribution in [-0.2, 0) is 28.5 Å². The van der Waals surface area contributed by atoms with E-state index in [1.807, 2.05) is 49.8 Å². The van der Waals surface area contributed by atoms with Gasteiger partial charge in [-0.2, -0.15) is 0 Å². The van der Waals surface area contributed by atoms with Crippen LogP contribution in [0.2, 0.25) is 0 Å². The van der Waals surface area contributed by atoms with Crippen LogP contribution in [0.15, 0.2) is 60.8 Å². The Morgan fingerprint density at radius 1 is 0.754 bits per heavy atom. The minimum Gasteiger partial charge on any atom is -0.453 e. The highest BCUT2D eigenvalue weighted by molar-refractivity contribution is 6.05. The molecule has 3 aromatic carbocycles. The summed E-state index contributed by atoms with van der Waals surface area (Å²) in [4.78, 5) is 73.8. The van der Waals surface area contributed by atoms with Crippen molar-refractivity contribution < 1.29 is 38.1 Å². The van der Waals surface area contributed by atoms with Gasteiger partial charge in [0, 0.05) is 55.5 Å². The maximum atomic E-state index is 14.3. The van der Waals surface area contributed by atoms with Crippen molar-refractivity contribution in [2.45, 2.75) is 90.4 Å². The Bertz CT molecular complexity index is 2490. The van der Waals surface area contributed by atoms with Crippen molar-refractivity contribution in [2.75, 3.05) is 53.7 Å². The first kappa shape index (κ1) is 45.6. The molecule has 5 aromatic rings. The molecule has 0 unspecified atom stereocenters. The Kier molecular flexibility index (Phi) is 13.8. The summed E-state index contributed by atoms with van der Waals surface area (Å²) in [7, 11) is 2.59. The molecular weight excluding hydrogens is 829 g/mol. The quantitative estimate of drug-likeness (QED) is 0.108. The third kappa shape index (κ3) is 9.69. The molecule has 4 amide bonds. The molecule has 16 heteroatoms. The molecule has 0 saturated carbocycles. The summed E-state index contributed by atoms with van der Waals surface area (Å²) < 4.78 is 21.6. The summed E-state index contributed by atoms with van der Waals surface area (Å²) in [5.41, 5.74) is 5.31. The average Bonchev–Trinajstić information content (AvgIpc) is 4.08. The number of likely N-dealkylation sites (tertiary alicyclic amines) is 1. The number of nitrogens with zero attached hydrogens (tertiary/aromatic N) is 4. The molecule has 3 fully saturated rings. The van der Waals surface area contributed by atoms with Gasteiger partial charge in [0.1, 0.15) is 23.7 Å². The second-order valence-electron chi connectivity index (χ2n) is 18.5. The van der Waals surface area contributed by atoms with Crippen LogP contribution in [0.25, 0.3) is 44.2 Å². The first-order chi connectivity index (χ1) is 31.4. The van der Waals surface area contributed by atoms with Crippen molar-refractivity contribution >= 4 is 45.8 Å². The standard InChI is InChI=1S/C49H62N8O8/c1-29(2)40(54-47(60)62-5)45(58)56-20-7-8-21-64-23-18-38(56)43-50-26-37(52-43)32-12-10-31(11-13-32)33-14-16-35-34(24-33)15-17-36-42(35)53-44(51-36)39-25-49(19-9-22-65-28-49)27-57(39)46(59)41(30(3)4)55-48(61)63-6/h10-17,24,26,29-30,38-41H,7-9,18-23,25,27-28H2,1-6H3,(H,50,52)(H,51,53)(H,54,60)(H,55,61)/t38-,39-,40-,41-,49-/m0/s1. The minimum absolute atomic E-state index is 0.154. The average molecular weight is 891 g/mol. The van der Waals surface area contributed by atoms with Gasteiger partial charge >= 0.3 is 12.2 Å². The molecule has 1 spiro atoms. The number of hydrogen-bond donors (Lipinski definition) is 4. The van der Waals surface area contributed by atoms with Crippen LogP contribution in [0.4, 0.5) is 9.59 Å². The van der Waals surface area contributed by atoms with Crippen molar-refractivity contribution in [1.82, 2.24) is 40.4 Å². The van der Waals surface area contributed by atoms with E-state index in [9.17, 15) is 19.2 Å². The van der Waals surface area contributed by atoms with Crippen molar-refractivity contribution in [3.63, 3.8) is 0 Å². The van der Waals surface area contributed by atoms with E-state index in [0.717, 1.165) is 75.7 Å². The third-order valence-electron chi connectivity index (χ3n) is 13.3. The van der Waals surface area contributed by atoms with Gasteiger partial charge in [-0.3, -0.25) is 9.59 Å². The number of rotatable bonds is 10. The van der Waals surface area contributed by atoms with Gasteiger partial charge in [-0.05, 0) is 79.0 Å². The number of ether oxygens (including phenoxy) is 4. The summed E-state index contributed by atoms with van der Waals surface area (Å²) in [6.45, 7) is 11.1. The second kappa shape index (κ2) is 19.6. The minimum atomic E-state index is -0.751. The predicted octanol–water partition coefficient (Wildman–Crippen LogP) is 7.67. The molecule has 0 bridgehead atoms. The van der Waals surface area contributed by atoms with E-state index in [0.29, 0.717) is 58.2 Å². The number of hydrogen-bond acceptors (Lipinski definition) is 10. The van der Waals surface area contributed by atoms with Gasteiger partial charge in [0.05, 0.1) is 49.6 Å². The smallest absolute Gasteiger partial charge is 0.407 e. The summed E-state index contributed by atoms with van der Waals surface area (Å²) in [5, 5.41) is 7.59. The summed E-state index contributed by atoms with van der Waals surface area (Å²) in [5.74, 6) is 0.744. The molecule has 2 aromatic heterocycles. The number of H-pyrrole nitrogens is 2. The Morgan fingerprint density at radius 2 is 1.43 bits per heavy atom. The third-order valence-corrected chi connectivity index (χ3v) is 13.3. The molecule has 3 aliphatic heterocycles. The number of benzene rings is 3. The second-order valence-corrected chi connectivity index (χ2v) is 18.5. The fourth-order valence-electron chi connectivity index (χ4n) is 9.78. The van der Waals surface area contributed by atoms with E-state index in [1.165, 1.54) is 14.2 Å². The predicted molar refractivity (Wildman–Crippen MR) is 246 cm³/mol. The normalized spacial score (nSPS) is 21.5. The van der Waals surface area contributed by atoms with Crippen LogP contribution in [0.5, 0.6) is 0 Å². The van der Waals surface area contributed by atoms with Crippen molar-refractivity contribution in [3.05, 3.63) is 72.4 Å². The van der Waals surface area contributed by atoms with Gasteiger partial charge in [0.2, 0.25) is 11.8 Å². The molecule has 3 saturated heterocycles. The molecule has 4 N–H and O–H groups in total. The molecule has 0 aliphatic carbocycles. The number of carbonyl (C=O) groups excluding carboxylic acids is 4. The van der Waals surface area contributed by atoms with Gasteiger partial charge in [0.25, 0.3) is 0 Å². The van der Waals surface area contributed by atoms with Crippen LogP contribution in [-0.4, -0.2) is 120 Å². The number of carbonyl (C=O) groups is 4. The molecule has 3 aliphatic rings. The molecule has 5 heterocycles. The zero-order valence-corrected chi connectivity index (χ0v) is 38.3. The van der Waals surface area contributed by atoms with Gasteiger partial charge in [-0.25, -0.2) is 19.6 Å². The number of alkyl carbamates (subject to hydrolysis) is 2. The Labute approximate surface area is 379 Å². The molecule has 8 rings (SSSR count). The Hall–Kier alpha value is -6.00. The zero-order valence-electron chi connectivity index (χ0n) is 38.3. The number of nitrogens with one attached hydrogen (secondary N) is 4. The van der Waals surface area contributed by atoms with Crippen LogP contribution in [0, 0.1) is 17.3 Å². The highest BCUT2D eigenvalue weighted by atomic mass is 16.5. The zero-order chi connectivity index (χ0) is 45.8. The molecule has 5 atom stereocenters. The molecule has 16 nitrogen and oxygen atoms in total. The van der Waals surface area contributed by atoms with E-state index < -0.39 is 24.3 Å². The van der Waals surface area contributed by atoms with Crippen molar-refractivity contribution in [1.29, 1.82) is 0 Å². The van der Waals surface area contributed by atoms with E-state index >= 15 is 0 Å². The number of methoxy groups -OCH3 is 2. The first-order valence-electron chi connectivity index (χ1n) is 22.9. The lowest BCUT2D eigenvalue weighted by atomic mass is 9.80. The number of amides is 4. The topological polar surface area (TPSA) is 193 Å². The first-order valence-corrected chi connectivity index (χ1v) is 22.9. The van der Waals surface area contributed by atoms with E-state index in [-0.39, 0.29) is 41.1 Å². The SMILES string of the molecule is COC(=O)N[C@H](C(=O)N1CCCCOCC[C@H]1c1nc(-c2ccc(-c3ccc4c(ccc5nc([C@@H]6C[C@@]7(CCCOC7)CN6C(=O)[C@@H](NC(=O)OC)C(C)C)[nH]c54)c3)cc2)c[nH]1)C(C)C. The van der Waals surface area contributed by atoms with Crippen molar-refractivity contribution in [3.8, 4) is 22.4 Å². The van der Waals surface area contributed by atoms with Crippen molar-refractivity contribution in [2.24, 2.45) is 17.3 Å². The molecule has 346 valence electrons. The van der Waals surface area contributed by atoms with Gasteiger partial charge in [-0.15, -0.1) is 0 Å². The lowest BCUT2D eigenvalue weighted by Crippen LogP contribution is -2.52. The lowest BCUT2D eigenvalue weighted by Gasteiger charge is -2.34. The summed E-state index contributed by atoms with van der Waals surface area (Å²) in [6.07, 6.45) is 5.33. The van der Waals surface area contributed by atoms with E-state index in [2.05, 4.69) is 69.1 Å². The van der Waals surface area contributed by atoms with Gasteiger partial charge < -0.3 is 49.3 Å². The fraction of sp³-hybridized carbons (Fsp3) is 0.510. The fourth-order valence-corrected chi connectivity index (χ4v) is 9.78. The van der Waals surface area contributed by atoms with Crippen LogP contribution in [0.1, 0.15) is 90.0 Å². The monoisotopic (exact) mass is 890 g/mol. The lowest BCUT2D eigenvalue weighted by molar-refractivity contribution is -0.137. The number of fused-ring (bicyclic) bond motifs is 3. The van der Waals surface area contributed by atoms with Gasteiger partial charge in [-0.1, -0.05) is 70.2 Å². The molecule has 0 radical (unpaired) electrons. The molecule has 65 heavy (non-hydrogen) atoms. The molecular formula is C49H62N8O8. The highest BCUT2D eigenvalue weighted by Gasteiger charge is 2.50. The number of aromatic amines is 2.